The molecule has 0 spiro atoms. The molecule has 1 aliphatic carbocycles. The van der Waals surface area contributed by atoms with Gasteiger partial charge < -0.3 is 40.8 Å². The first-order valence-electron chi connectivity index (χ1n) is 18.2. The normalized spacial score (nSPS) is 13.2. The van der Waals surface area contributed by atoms with Gasteiger partial charge in [-0.1, -0.05) is 29.8 Å². The largest absolute Gasteiger partial charge is 0.493 e. The predicted molar refractivity (Wildman–Crippen MR) is 212 cm³/mol. The number of carbonyl (C=O) groups excluding carboxylic acids is 4. The van der Waals surface area contributed by atoms with E-state index in [0.29, 0.717) is 48.0 Å². The summed E-state index contributed by atoms with van der Waals surface area (Å²) in [5, 5.41) is 13.8. The summed E-state index contributed by atoms with van der Waals surface area (Å²) in [6, 6.07) is 22.8. The van der Waals surface area contributed by atoms with Crippen molar-refractivity contribution in [2.24, 2.45) is 0 Å². The highest BCUT2D eigenvalue weighted by molar-refractivity contribution is 6.39. The quantitative estimate of drug-likeness (QED) is 0.0592. The lowest BCUT2D eigenvalue weighted by Gasteiger charge is -2.19. The van der Waals surface area contributed by atoms with Crippen LogP contribution in [-0.4, -0.2) is 82.7 Å². The highest BCUT2D eigenvalue weighted by Crippen LogP contribution is 2.48. The van der Waals surface area contributed by atoms with Crippen molar-refractivity contribution in [3.8, 4) is 11.8 Å². The average molecular weight is 848 g/mol. The Hall–Kier alpha value is -7.02. The standard InChI is InChI=1S/C40H37ClF3N9O7/c1-58-35(57)31(22-46-33(55)34(56)47-28-13-15-30(16-14-28)59-21-17-27-4-2-3-20-45-27)49-32(54)24-5-11-29(12-6-24)48-36-50-37(52-38(51-36)60-23-40(42,43)44)53-39(18-19-39)25-7-9-26(41)10-8-25/h2-16,20,31H,17-19,21-23H2,1H3,(H,46,55)(H,47,56)(H,49,54)(H2,48,50,51,52,53)/t31-/m0/s1. The highest BCUT2D eigenvalue weighted by Gasteiger charge is 2.45. The van der Waals surface area contributed by atoms with Crippen LogP contribution in [0.2, 0.25) is 5.02 Å². The Bertz CT molecular complexity index is 2280. The van der Waals surface area contributed by atoms with Crippen LogP contribution >= 0.6 is 11.6 Å². The molecule has 1 saturated carbocycles. The number of methoxy groups -OCH3 is 1. The van der Waals surface area contributed by atoms with Gasteiger partial charge in [0.25, 0.3) is 5.91 Å². The summed E-state index contributed by atoms with van der Waals surface area (Å²) in [4.78, 5) is 67.4. The molecule has 0 saturated heterocycles. The molecule has 2 heterocycles. The van der Waals surface area contributed by atoms with Crippen molar-refractivity contribution >= 4 is 58.6 Å². The van der Waals surface area contributed by atoms with Crippen molar-refractivity contribution in [3.05, 3.63) is 119 Å². The Balaban J connectivity index is 1.03. The van der Waals surface area contributed by atoms with E-state index in [1.807, 2.05) is 30.3 Å². The van der Waals surface area contributed by atoms with Crippen molar-refractivity contribution in [2.75, 3.05) is 42.8 Å². The third-order valence-corrected chi connectivity index (χ3v) is 9.06. The minimum Gasteiger partial charge on any atom is -0.493 e. The Morgan fingerprint density at radius 1 is 0.833 bits per heavy atom. The number of amides is 3. The fourth-order valence-corrected chi connectivity index (χ4v) is 5.73. The van der Waals surface area contributed by atoms with Gasteiger partial charge in [0, 0.05) is 46.8 Å². The van der Waals surface area contributed by atoms with Crippen LogP contribution in [0.3, 0.4) is 0 Å². The first-order chi connectivity index (χ1) is 28.8. The number of nitrogens with zero attached hydrogens (tertiary/aromatic N) is 4. The summed E-state index contributed by atoms with van der Waals surface area (Å²) in [5.74, 6) is -3.38. The number of alkyl halides is 3. The van der Waals surface area contributed by atoms with Crippen molar-refractivity contribution in [2.45, 2.75) is 37.0 Å². The second-order valence-corrected chi connectivity index (χ2v) is 13.7. The topological polar surface area (TPSA) is 208 Å². The van der Waals surface area contributed by atoms with Gasteiger partial charge in [0.1, 0.15) is 11.8 Å². The number of rotatable bonds is 17. The first kappa shape index (κ1) is 42.6. The number of aromatic nitrogens is 4. The number of hydrogen-bond acceptors (Lipinski definition) is 13. The number of carbonyl (C=O) groups is 4. The van der Waals surface area contributed by atoms with Crippen LogP contribution in [0, 0.1) is 0 Å². The Morgan fingerprint density at radius 3 is 2.18 bits per heavy atom. The highest BCUT2D eigenvalue weighted by atomic mass is 35.5. The molecular weight excluding hydrogens is 811 g/mol. The lowest BCUT2D eigenvalue weighted by atomic mass is 10.1. The van der Waals surface area contributed by atoms with Crippen molar-refractivity contribution in [3.63, 3.8) is 0 Å². The fraction of sp³-hybridized carbons (Fsp3) is 0.250. The molecule has 16 nitrogen and oxygen atoms in total. The van der Waals surface area contributed by atoms with Gasteiger partial charge in [-0.25, -0.2) is 4.79 Å². The van der Waals surface area contributed by atoms with Crippen molar-refractivity contribution in [1.82, 2.24) is 30.6 Å². The number of halogens is 4. The number of anilines is 4. The molecule has 3 aromatic carbocycles. The molecular formula is C40H37ClF3N9O7. The molecule has 3 amide bonds. The van der Waals surface area contributed by atoms with E-state index in [0.717, 1.165) is 18.4 Å². The molecule has 312 valence electrons. The SMILES string of the molecule is COC(=O)[C@H](CNC(=O)C(=O)Nc1ccc(OCCc2ccccn2)cc1)NC(=O)c1ccc(Nc2nc(NC3(c4ccc(Cl)cc4)CC3)nc(OCC(F)(F)F)n2)cc1. The van der Waals surface area contributed by atoms with E-state index < -0.39 is 60.6 Å². The van der Waals surface area contributed by atoms with Gasteiger partial charge in [0.05, 0.1) is 19.3 Å². The molecule has 0 bridgehead atoms. The van der Waals surface area contributed by atoms with E-state index in [-0.39, 0.29) is 17.5 Å². The van der Waals surface area contributed by atoms with E-state index in [9.17, 15) is 32.3 Å². The first-order valence-corrected chi connectivity index (χ1v) is 18.6. The molecule has 0 radical (unpaired) electrons. The third kappa shape index (κ3) is 12.2. The number of pyridine rings is 1. The summed E-state index contributed by atoms with van der Waals surface area (Å²) < 4.78 is 54.3. The lowest BCUT2D eigenvalue weighted by Crippen LogP contribution is -2.50. The Kier molecular flexibility index (Phi) is 13.6. The zero-order chi connectivity index (χ0) is 42.7. The summed E-state index contributed by atoms with van der Waals surface area (Å²) >= 11 is 6.04. The zero-order valence-corrected chi connectivity index (χ0v) is 32.5. The fourth-order valence-electron chi connectivity index (χ4n) is 5.60. The van der Waals surface area contributed by atoms with Gasteiger partial charge in [-0.05, 0) is 91.2 Å². The van der Waals surface area contributed by atoms with Gasteiger partial charge in [0.2, 0.25) is 11.9 Å². The molecule has 5 N–H and O–H groups in total. The molecule has 1 fully saturated rings. The van der Waals surface area contributed by atoms with E-state index in [2.05, 4.69) is 46.5 Å². The summed E-state index contributed by atoms with van der Waals surface area (Å²) in [7, 11) is 1.09. The van der Waals surface area contributed by atoms with E-state index in [1.165, 1.54) is 24.3 Å². The van der Waals surface area contributed by atoms with Gasteiger partial charge in [0.15, 0.2) is 6.61 Å². The zero-order valence-electron chi connectivity index (χ0n) is 31.7. The third-order valence-electron chi connectivity index (χ3n) is 8.81. The summed E-state index contributed by atoms with van der Waals surface area (Å²) in [6.45, 7) is -1.73. The molecule has 6 rings (SSSR count). The summed E-state index contributed by atoms with van der Waals surface area (Å²) in [5.41, 5.74) is 1.91. The number of hydrogen-bond donors (Lipinski definition) is 5. The van der Waals surface area contributed by atoms with Crippen LogP contribution in [0.5, 0.6) is 11.8 Å². The number of benzene rings is 3. The maximum absolute atomic E-state index is 13.1. The van der Waals surface area contributed by atoms with Gasteiger partial charge in [-0.2, -0.15) is 28.1 Å². The van der Waals surface area contributed by atoms with E-state index in [4.69, 9.17) is 25.8 Å². The molecule has 2 aromatic heterocycles. The predicted octanol–water partition coefficient (Wildman–Crippen LogP) is 5.35. The van der Waals surface area contributed by atoms with Crippen LogP contribution < -0.4 is 36.1 Å². The Labute approximate surface area is 345 Å². The molecule has 20 heteroatoms. The summed E-state index contributed by atoms with van der Waals surface area (Å²) in [6.07, 6.45) is -0.950. The number of esters is 1. The monoisotopic (exact) mass is 847 g/mol. The van der Waals surface area contributed by atoms with Gasteiger partial charge >= 0.3 is 30.0 Å². The molecule has 1 aliphatic rings. The number of ether oxygens (including phenoxy) is 3. The molecule has 0 unspecified atom stereocenters. The van der Waals surface area contributed by atoms with E-state index in [1.54, 1.807) is 42.6 Å². The minimum absolute atomic E-state index is 0.0423. The Morgan fingerprint density at radius 2 is 1.53 bits per heavy atom. The van der Waals surface area contributed by atoms with Crippen LogP contribution in [0.25, 0.3) is 0 Å². The van der Waals surface area contributed by atoms with Crippen molar-refractivity contribution < 1.29 is 46.6 Å². The van der Waals surface area contributed by atoms with E-state index >= 15 is 0 Å². The van der Waals surface area contributed by atoms with Crippen LogP contribution in [-0.2, 0) is 31.1 Å². The number of nitrogens with one attached hydrogen (secondary N) is 5. The van der Waals surface area contributed by atoms with Gasteiger partial charge in [-0.15, -0.1) is 0 Å². The van der Waals surface area contributed by atoms with Gasteiger partial charge in [-0.3, -0.25) is 19.4 Å². The van der Waals surface area contributed by atoms with Crippen molar-refractivity contribution in [1.29, 1.82) is 0 Å². The average Bonchev–Trinajstić information content (AvgIpc) is 4.02. The van der Waals surface area contributed by atoms with Crippen LogP contribution in [0.1, 0.15) is 34.5 Å². The van der Waals surface area contributed by atoms with Crippen LogP contribution in [0.15, 0.2) is 97.2 Å². The maximum atomic E-state index is 13.1. The maximum Gasteiger partial charge on any atom is 0.422 e. The second-order valence-electron chi connectivity index (χ2n) is 13.2. The lowest BCUT2D eigenvalue weighted by molar-refractivity contribution is -0.154. The molecule has 60 heavy (non-hydrogen) atoms. The molecule has 0 aliphatic heterocycles. The molecule has 5 aromatic rings. The second kappa shape index (κ2) is 19.2. The minimum atomic E-state index is -4.65. The smallest absolute Gasteiger partial charge is 0.422 e. The molecule has 1 atom stereocenters. The van der Waals surface area contributed by atoms with Crippen LogP contribution in [0.4, 0.5) is 36.4 Å².